The molecule has 1 aromatic rings. The number of nitrogens with zero attached hydrogens (tertiary/aromatic N) is 1. The van der Waals surface area contributed by atoms with Gasteiger partial charge < -0.3 is 10.2 Å². The number of nitrogens with one attached hydrogen (secondary N) is 1. The zero-order chi connectivity index (χ0) is 15.3. The second kappa shape index (κ2) is 6.74. The molecule has 0 saturated carbocycles. The number of likely N-dealkylation sites (N-methyl/N-ethyl adjacent to an activating group) is 1. The molecule has 1 N–H and O–H groups in total. The van der Waals surface area contributed by atoms with Crippen LogP contribution >= 0.6 is 0 Å². The van der Waals surface area contributed by atoms with Crippen LogP contribution in [0.4, 0.5) is 5.69 Å². The summed E-state index contributed by atoms with van der Waals surface area (Å²) in [7, 11) is 0.202. The lowest BCUT2D eigenvalue weighted by Gasteiger charge is -2.19. The molecule has 0 aliphatic heterocycles. The predicted molar refractivity (Wildman–Crippen MR) is 80.6 cm³/mol. The van der Waals surface area contributed by atoms with E-state index in [1.807, 2.05) is 6.92 Å². The monoisotopic (exact) mass is 298 g/mol. The predicted octanol–water partition coefficient (Wildman–Crippen LogP) is 1.76. The van der Waals surface area contributed by atoms with Crippen LogP contribution in [0.3, 0.4) is 0 Å². The van der Waals surface area contributed by atoms with E-state index in [0.29, 0.717) is 11.3 Å². The van der Waals surface area contributed by atoms with Gasteiger partial charge in [-0.3, -0.25) is 4.79 Å². The van der Waals surface area contributed by atoms with Crippen molar-refractivity contribution in [1.29, 1.82) is 0 Å². The minimum Gasteiger partial charge on any atom is -0.374 e. The Morgan fingerprint density at radius 3 is 2.25 bits per heavy atom. The quantitative estimate of drug-likeness (QED) is 0.869. The van der Waals surface area contributed by atoms with Crippen molar-refractivity contribution in [2.75, 3.05) is 25.2 Å². The van der Waals surface area contributed by atoms with Crippen LogP contribution in [-0.2, 0) is 14.6 Å². The average molecular weight is 298 g/mol. The molecule has 1 atom stereocenters. The highest BCUT2D eigenvalue weighted by Gasteiger charge is 2.16. The van der Waals surface area contributed by atoms with Gasteiger partial charge in [0.05, 0.1) is 10.6 Å². The molecule has 6 heteroatoms. The van der Waals surface area contributed by atoms with Gasteiger partial charge in [-0.25, -0.2) is 8.42 Å². The fourth-order valence-electron chi connectivity index (χ4n) is 1.84. The maximum absolute atomic E-state index is 11.9. The van der Waals surface area contributed by atoms with E-state index < -0.39 is 9.84 Å². The Hall–Kier alpha value is -1.56. The SMILES string of the molecule is CCCS(=O)(=O)c1ccc(NC(C)C(=O)N(C)C)cc1. The first-order chi connectivity index (χ1) is 9.27. The van der Waals surface area contributed by atoms with E-state index in [1.54, 1.807) is 45.3 Å². The van der Waals surface area contributed by atoms with Gasteiger partial charge in [0.15, 0.2) is 9.84 Å². The summed E-state index contributed by atoms with van der Waals surface area (Å²) in [5.41, 5.74) is 0.725. The molecular formula is C14H22N2O3S. The molecular weight excluding hydrogens is 276 g/mol. The van der Waals surface area contributed by atoms with Crippen LogP contribution in [0.25, 0.3) is 0 Å². The number of rotatable bonds is 6. The highest BCUT2D eigenvalue weighted by atomic mass is 32.2. The van der Waals surface area contributed by atoms with Crippen molar-refractivity contribution in [3.8, 4) is 0 Å². The molecule has 1 unspecified atom stereocenters. The van der Waals surface area contributed by atoms with Crippen molar-refractivity contribution in [3.05, 3.63) is 24.3 Å². The van der Waals surface area contributed by atoms with E-state index in [2.05, 4.69) is 5.32 Å². The summed E-state index contributed by atoms with van der Waals surface area (Å²) in [6.07, 6.45) is 0.594. The number of anilines is 1. The topological polar surface area (TPSA) is 66.5 Å². The third-order valence-electron chi connectivity index (χ3n) is 2.88. The van der Waals surface area contributed by atoms with Gasteiger partial charge in [0.25, 0.3) is 0 Å². The number of sulfone groups is 1. The van der Waals surface area contributed by atoms with E-state index in [-0.39, 0.29) is 17.7 Å². The molecule has 0 heterocycles. The van der Waals surface area contributed by atoms with Crippen molar-refractivity contribution < 1.29 is 13.2 Å². The summed E-state index contributed by atoms with van der Waals surface area (Å²) in [6.45, 7) is 3.60. The van der Waals surface area contributed by atoms with Gasteiger partial charge in [0.1, 0.15) is 6.04 Å². The molecule has 1 amide bonds. The van der Waals surface area contributed by atoms with Crippen molar-refractivity contribution in [3.63, 3.8) is 0 Å². The molecule has 20 heavy (non-hydrogen) atoms. The third kappa shape index (κ3) is 4.23. The Bertz CT molecular complexity index is 550. The molecule has 0 radical (unpaired) electrons. The first kappa shape index (κ1) is 16.5. The maximum atomic E-state index is 11.9. The van der Waals surface area contributed by atoms with Gasteiger partial charge in [-0.15, -0.1) is 0 Å². The summed E-state index contributed by atoms with van der Waals surface area (Å²) in [5.74, 6) is 0.114. The van der Waals surface area contributed by atoms with Crippen molar-refractivity contribution in [1.82, 2.24) is 4.90 Å². The lowest BCUT2D eigenvalue weighted by atomic mass is 10.2. The number of hydrogen-bond acceptors (Lipinski definition) is 4. The summed E-state index contributed by atoms with van der Waals surface area (Å²) < 4.78 is 23.8. The van der Waals surface area contributed by atoms with Gasteiger partial charge in [-0.1, -0.05) is 6.92 Å². The Kier molecular flexibility index (Phi) is 5.56. The highest BCUT2D eigenvalue weighted by Crippen LogP contribution is 2.16. The van der Waals surface area contributed by atoms with Crippen molar-refractivity contribution in [2.24, 2.45) is 0 Å². The first-order valence-electron chi connectivity index (χ1n) is 6.58. The van der Waals surface area contributed by atoms with Crippen LogP contribution in [0.1, 0.15) is 20.3 Å². The van der Waals surface area contributed by atoms with Crippen LogP contribution in [0.15, 0.2) is 29.2 Å². The smallest absolute Gasteiger partial charge is 0.244 e. The maximum Gasteiger partial charge on any atom is 0.244 e. The second-order valence-corrected chi connectivity index (χ2v) is 7.05. The summed E-state index contributed by atoms with van der Waals surface area (Å²) >= 11 is 0. The summed E-state index contributed by atoms with van der Waals surface area (Å²) in [6, 6.07) is 6.15. The summed E-state index contributed by atoms with van der Waals surface area (Å²) in [4.78, 5) is 13.6. The Labute approximate surface area is 120 Å². The number of hydrogen-bond donors (Lipinski definition) is 1. The van der Waals surface area contributed by atoms with Gasteiger partial charge in [0.2, 0.25) is 5.91 Å². The van der Waals surface area contributed by atoms with Crippen molar-refractivity contribution >= 4 is 21.4 Å². The first-order valence-corrected chi connectivity index (χ1v) is 8.23. The average Bonchev–Trinajstić information content (AvgIpc) is 2.38. The lowest BCUT2D eigenvalue weighted by Crippen LogP contribution is -2.36. The van der Waals surface area contributed by atoms with Gasteiger partial charge in [0, 0.05) is 19.8 Å². The zero-order valence-electron chi connectivity index (χ0n) is 12.4. The lowest BCUT2D eigenvalue weighted by molar-refractivity contribution is -0.129. The van der Waals surface area contributed by atoms with E-state index in [9.17, 15) is 13.2 Å². The van der Waals surface area contributed by atoms with Gasteiger partial charge in [-0.05, 0) is 37.6 Å². The second-order valence-electron chi connectivity index (χ2n) is 4.94. The highest BCUT2D eigenvalue weighted by molar-refractivity contribution is 7.91. The molecule has 0 fully saturated rings. The molecule has 0 saturated heterocycles. The van der Waals surface area contributed by atoms with Crippen LogP contribution in [0.2, 0.25) is 0 Å². The molecule has 0 aromatic heterocycles. The molecule has 0 aliphatic rings. The van der Waals surface area contributed by atoms with E-state index in [4.69, 9.17) is 0 Å². The number of carbonyl (C=O) groups is 1. The Balaban J connectivity index is 2.80. The molecule has 5 nitrogen and oxygen atoms in total. The van der Waals surface area contributed by atoms with Crippen LogP contribution in [0.5, 0.6) is 0 Å². The number of benzene rings is 1. The normalized spacial score (nSPS) is 12.8. The largest absolute Gasteiger partial charge is 0.374 e. The number of amides is 1. The van der Waals surface area contributed by atoms with Gasteiger partial charge >= 0.3 is 0 Å². The molecule has 1 aromatic carbocycles. The minimum atomic E-state index is -3.19. The van der Waals surface area contributed by atoms with Crippen LogP contribution in [0, 0.1) is 0 Å². The molecule has 112 valence electrons. The van der Waals surface area contributed by atoms with Crippen LogP contribution < -0.4 is 5.32 Å². The molecule has 0 spiro atoms. The van der Waals surface area contributed by atoms with E-state index in [0.717, 1.165) is 5.69 Å². The third-order valence-corrected chi connectivity index (χ3v) is 4.82. The summed E-state index contributed by atoms with van der Waals surface area (Å²) in [5, 5.41) is 3.05. The van der Waals surface area contributed by atoms with Crippen molar-refractivity contribution in [2.45, 2.75) is 31.2 Å². The van der Waals surface area contributed by atoms with E-state index >= 15 is 0 Å². The fourth-order valence-corrected chi connectivity index (χ4v) is 3.17. The number of carbonyl (C=O) groups excluding carboxylic acids is 1. The zero-order valence-corrected chi connectivity index (χ0v) is 13.2. The standard InChI is InChI=1S/C14H22N2O3S/c1-5-10-20(18,19)13-8-6-12(7-9-13)15-11(2)14(17)16(3)4/h6-9,11,15H,5,10H2,1-4H3. The molecule has 1 rings (SSSR count). The van der Waals surface area contributed by atoms with Gasteiger partial charge in [-0.2, -0.15) is 0 Å². The Morgan fingerprint density at radius 2 is 1.80 bits per heavy atom. The van der Waals surface area contributed by atoms with Crippen LogP contribution in [-0.4, -0.2) is 45.1 Å². The molecule has 0 bridgehead atoms. The van der Waals surface area contributed by atoms with E-state index in [1.165, 1.54) is 4.90 Å². The fraction of sp³-hybridized carbons (Fsp3) is 0.500. The molecule has 0 aliphatic carbocycles. The Morgan fingerprint density at radius 1 is 1.25 bits per heavy atom. The minimum absolute atomic E-state index is 0.0346.